The lowest BCUT2D eigenvalue weighted by molar-refractivity contribution is 0.0872. The van der Waals surface area contributed by atoms with Gasteiger partial charge in [-0.05, 0) is 50.3 Å². The van der Waals surface area contributed by atoms with E-state index < -0.39 is 0 Å². The fourth-order valence-electron chi connectivity index (χ4n) is 2.93. The van der Waals surface area contributed by atoms with Gasteiger partial charge in [-0.25, -0.2) is 0 Å². The summed E-state index contributed by atoms with van der Waals surface area (Å²) in [5, 5.41) is 12.2. The molecule has 1 unspecified atom stereocenters. The van der Waals surface area contributed by atoms with E-state index in [1.165, 1.54) is 0 Å². The monoisotopic (exact) mass is 364 g/mol. The summed E-state index contributed by atoms with van der Waals surface area (Å²) in [6.45, 7) is 7.11. The number of rotatable bonds is 3. The molecule has 1 fully saturated rings. The highest BCUT2D eigenvalue weighted by atomic mass is 79.9. The Morgan fingerprint density at radius 2 is 2.14 bits per heavy atom. The number of likely N-dealkylation sites (tertiary alicyclic amines) is 1. The summed E-state index contributed by atoms with van der Waals surface area (Å²) in [4.78, 5) is 2.38. The lowest BCUT2D eigenvalue weighted by atomic mass is 9.80. The van der Waals surface area contributed by atoms with Gasteiger partial charge in [0.2, 0.25) is 0 Å². The number of halogens is 1. The molecule has 2 aromatic rings. The molecule has 6 nitrogen and oxygen atoms in total. The second-order valence-electron chi connectivity index (χ2n) is 6.55. The predicted molar refractivity (Wildman–Crippen MR) is 88.5 cm³/mol. The highest BCUT2D eigenvalue weighted by Crippen LogP contribution is 2.28. The Balaban J connectivity index is 1.81. The third-order valence-electron chi connectivity index (χ3n) is 4.37. The SMILES string of the molecule is CC1(C)CN(Cc2nnnn2-c2ccccc2Br)CCC1N. The minimum absolute atomic E-state index is 0.115. The topological polar surface area (TPSA) is 72.9 Å². The Morgan fingerprint density at radius 3 is 2.86 bits per heavy atom. The van der Waals surface area contributed by atoms with Crippen LogP contribution in [0.4, 0.5) is 0 Å². The molecule has 0 saturated carbocycles. The zero-order chi connectivity index (χ0) is 15.7. The molecule has 2 N–H and O–H groups in total. The average Bonchev–Trinajstić information content (AvgIpc) is 2.91. The maximum atomic E-state index is 6.21. The highest BCUT2D eigenvalue weighted by Gasteiger charge is 2.33. The smallest absolute Gasteiger partial charge is 0.170 e. The standard InChI is InChI=1S/C15H21BrN6/c1-15(2)10-21(8-7-13(15)17)9-14-18-19-20-22(14)12-6-4-3-5-11(12)16/h3-6,13H,7-10,17H2,1-2H3. The number of nitrogens with two attached hydrogens (primary N) is 1. The third-order valence-corrected chi connectivity index (χ3v) is 5.04. The molecule has 0 aliphatic carbocycles. The lowest BCUT2D eigenvalue weighted by Crippen LogP contribution is -2.52. The van der Waals surface area contributed by atoms with Gasteiger partial charge in [-0.2, -0.15) is 4.68 Å². The fraction of sp³-hybridized carbons (Fsp3) is 0.533. The van der Waals surface area contributed by atoms with Crippen LogP contribution in [0.25, 0.3) is 5.69 Å². The predicted octanol–water partition coefficient (Wildman–Crippen LogP) is 1.98. The van der Waals surface area contributed by atoms with E-state index in [1.807, 2.05) is 24.3 Å². The van der Waals surface area contributed by atoms with Gasteiger partial charge in [0, 0.05) is 23.6 Å². The molecule has 1 atom stereocenters. The summed E-state index contributed by atoms with van der Waals surface area (Å²) in [6, 6.07) is 8.20. The maximum absolute atomic E-state index is 6.21. The van der Waals surface area contributed by atoms with Crippen LogP contribution in [0, 0.1) is 5.41 Å². The van der Waals surface area contributed by atoms with Gasteiger partial charge >= 0.3 is 0 Å². The van der Waals surface area contributed by atoms with Gasteiger partial charge in [-0.3, -0.25) is 4.90 Å². The van der Waals surface area contributed by atoms with Gasteiger partial charge in [0.25, 0.3) is 0 Å². The summed E-state index contributed by atoms with van der Waals surface area (Å²) in [7, 11) is 0. The molecule has 1 aromatic carbocycles. The van der Waals surface area contributed by atoms with Crippen molar-refractivity contribution in [2.75, 3.05) is 13.1 Å². The first-order valence-electron chi connectivity index (χ1n) is 7.47. The Bertz CT molecular complexity index is 653. The van der Waals surface area contributed by atoms with Crippen LogP contribution < -0.4 is 5.73 Å². The lowest BCUT2D eigenvalue weighted by Gasteiger charge is -2.42. The Hall–Kier alpha value is -1.31. The molecule has 1 aliphatic heterocycles. The molecule has 1 aliphatic rings. The Morgan fingerprint density at radius 1 is 1.36 bits per heavy atom. The van der Waals surface area contributed by atoms with Crippen LogP contribution in [0.1, 0.15) is 26.1 Å². The maximum Gasteiger partial charge on any atom is 0.170 e. The Labute approximate surface area is 138 Å². The highest BCUT2D eigenvalue weighted by molar-refractivity contribution is 9.10. The molecule has 7 heteroatoms. The molecule has 0 radical (unpaired) electrons. The summed E-state index contributed by atoms with van der Waals surface area (Å²) in [5.41, 5.74) is 7.28. The van der Waals surface area contributed by atoms with Gasteiger partial charge in [-0.15, -0.1) is 5.10 Å². The largest absolute Gasteiger partial charge is 0.327 e. The van der Waals surface area contributed by atoms with E-state index in [1.54, 1.807) is 4.68 Å². The van der Waals surface area contributed by atoms with Crippen LogP contribution in [-0.4, -0.2) is 44.2 Å². The molecule has 3 rings (SSSR count). The van der Waals surface area contributed by atoms with Crippen molar-refractivity contribution in [2.45, 2.75) is 32.9 Å². The van der Waals surface area contributed by atoms with E-state index in [2.05, 4.69) is 50.2 Å². The van der Waals surface area contributed by atoms with Crippen molar-refractivity contribution in [2.24, 2.45) is 11.1 Å². The van der Waals surface area contributed by atoms with Gasteiger partial charge in [0.15, 0.2) is 5.82 Å². The van der Waals surface area contributed by atoms with Crippen LogP contribution in [0.15, 0.2) is 28.7 Å². The van der Waals surface area contributed by atoms with E-state index in [0.29, 0.717) is 0 Å². The van der Waals surface area contributed by atoms with Gasteiger partial charge in [0.1, 0.15) is 0 Å². The quantitative estimate of drug-likeness (QED) is 0.901. The number of piperidine rings is 1. The molecule has 22 heavy (non-hydrogen) atoms. The van der Waals surface area contributed by atoms with E-state index in [9.17, 15) is 0 Å². The number of hydrogen-bond donors (Lipinski definition) is 1. The van der Waals surface area contributed by atoms with Gasteiger partial charge in [0.05, 0.1) is 12.2 Å². The summed E-state index contributed by atoms with van der Waals surface area (Å²) >= 11 is 3.56. The van der Waals surface area contributed by atoms with E-state index in [-0.39, 0.29) is 11.5 Å². The normalized spacial score (nSPS) is 21.9. The van der Waals surface area contributed by atoms with E-state index in [0.717, 1.165) is 42.0 Å². The molecule has 0 amide bonds. The number of benzene rings is 1. The number of nitrogens with zero attached hydrogens (tertiary/aromatic N) is 5. The number of para-hydroxylation sites is 1. The Kier molecular flexibility index (Phi) is 4.29. The van der Waals surface area contributed by atoms with Crippen molar-refractivity contribution in [3.8, 4) is 5.69 Å². The second-order valence-corrected chi connectivity index (χ2v) is 7.41. The third kappa shape index (κ3) is 3.06. The van der Waals surface area contributed by atoms with Crippen molar-refractivity contribution in [3.05, 3.63) is 34.6 Å². The van der Waals surface area contributed by atoms with Crippen LogP contribution >= 0.6 is 15.9 Å². The minimum atomic E-state index is 0.115. The average molecular weight is 365 g/mol. The molecule has 118 valence electrons. The van der Waals surface area contributed by atoms with Crippen molar-refractivity contribution in [1.29, 1.82) is 0 Å². The van der Waals surface area contributed by atoms with Gasteiger partial charge in [-0.1, -0.05) is 26.0 Å². The zero-order valence-electron chi connectivity index (χ0n) is 12.9. The second kappa shape index (κ2) is 6.06. The van der Waals surface area contributed by atoms with Gasteiger partial charge < -0.3 is 5.73 Å². The van der Waals surface area contributed by atoms with Crippen LogP contribution in [0.5, 0.6) is 0 Å². The molecule has 2 heterocycles. The van der Waals surface area contributed by atoms with Crippen molar-refractivity contribution in [3.63, 3.8) is 0 Å². The van der Waals surface area contributed by atoms with Crippen molar-refractivity contribution >= 4 is 15.9 Å². The first kappa shape index (κ1) is 15.6. The number of tetrazole rings is 1. The first-order chi connectivity index (χ1) is 10.5. The molecule has 0 bridgehead atoms. The van der Waals surface area contributed by atoms with E-state index in [4.69, 9.17) is 5.73 Å². The van der Waals surface area contributed by atoms with Crippen molar-refractivity contribution in [1.82, 2.24) is 25.1 Å². The van der Waals surface area contributed by atoms with Crippen molar-refractivity contribution < 1.29 is 0 Å². The summed E-state index contributed by atoms with van der Waals surface area (Å²) in [5.74, 6) is 0.846. The number of aromatic nitrogens is 4. The van der Waals surface area contributed by atoms with Crippen LogP contribution in [0.2, 0.25) is 0 Å². The molecular weight excluding hydrogens is 344 g/mol. The zero-order valence-corrected chi connectivity index (χ0v) is 14.5. The van der Waals surface area contributed by atoms with Crippen LogP contribution in [0.3, 0.4) is 0 Å². The summed E-state index contributed by atoms with van der Waals surface area (Å²) in [6.07, 6.45) is 1.00. The van der Waals surface area contributed by atoms with Crippen LogP contribution in [-0.2, 0) is 6.54 Å². The first-order valence-corrected chi connectivity index (χ1v) is 8.27. The number of hydrogen-bond acceptors (Lipinski definition) is 5. The molecule has 1 aromatic heterocycles. The molecular formula is C15H21BrN6. The van der Waals surface area contributed by atoms with E-state index >= 15 is 0 Å². The fourth-order valence-corrected chi connectivity index (χ4v) is 3.39. The minimum Gasteiger partial charge on any atom is -0.327 e. The molecule has 1 saturated heterocycles. The summed E-state index contributed by atoms with van der Waals surface area (Å²) < 4.78 is 2.77. The molecule has 0 spiro atoms.